The van der Waals surface area contributed by atoms with Crippen molar-refractivity contribution < 1.29 is 13.3 Å². The van der Waals surface area contributed by atoms with Gasteiger partial charge in [-0.25, -0.2) is 0 Å². The number of hydrogen-bond donors (Lipinski definition) is 1. The second-order valence-electron chi connectivity index (χ2n) is 9.86. The Kier molecular flexibility index (Phi) is 22.9. The highest BCUT2D eigenvalue weighted by Crippen LogP contribution is 2.26. The molecule has 0 aliphatic rings. The first-order chi connectivity index (χ1) is 15.6. The van der Waals surface area contributed by atoms with Crippen LogP contribution in [0.2, 0.25) is 6.04 Å². The fraction of sp³-hybridized carbons (Fsp3) is 1.00. The first-order valence-electron chi connectivity index (χ1n) is 14.0. The Hall–Kier alpha value is 0.0569. The third kappa shape index (κ3) is 17.5. The molecule has 0 heterocycles. The van der Waals surface area contributed by atoms with Gasteiger partial charge in [-0.05, 0) is 31.6 Å². The maximum Gasteiger partial charge on any atom is 0.500 e. The average Bonchev–Trinajstić information content (AvgIpc) is 2.81. The van der Waals surface area contributed by atoms with Gasteiger partial charge in [0, 0.05) is 33.4 Å². The zero-order valence-corrected chi connectivity index (χ0v) is 23.6. The van der Waals surface area contributed by atoms with Gasteiger partial charge < -0.3 is 19.0 Å². The standard InChI is InChI=1S/C27H59NO3Si/c1-6-8-10-12-13-14-16-18-22-27(28)24-23-26(20-17-15-11-9-7-2)21-19-25-32(29-3,30-4)31-5/h26-27H,6-25,28H2,1-5H3. The molecule has 0 amide bonds. The Morgan fingerprint density at radius 1 is 0.531 bits per heavy atom. The topological polar surface area (TPSA) is 53.7 Å². The zero-order valence-electron chi connectivity index (χ0n) is 22.6. The summed E-state index contributed by atoms with van der Waals surface area (Å²) in [7, 11) is 2.71. The molecule has 4 nitrogen and oxygen atoms in total. The molecule has 2 unspecified atom stereocenters. The van der Waals surface area contributed by atoms with Gasteiger partial charge in [0.15, 0.2) is 0 Å². The van der Waals surface area contributed by atoms with Crippen molar-refractivity contribution >= 4 is 8.80 Å². The second kappa shape index (κ2) is 22.8. The van der Waals surface area contributed by atoms with E-state index in [9.17, 15) is 0 Å². The van der Waals surface area contributed by atoms with Crippen molar-refractivity contribution in [2.75, 3.05) is 21.3 Å². The van der Waals surface area contributed by atoms with Crippen LogP contribution in [-0.4, -0.2) is 36.2 Å². The molecule has 0 spiro atoms. The number of hydrogen-bond acceptors (Lipinski definition) is 4. The molecule has 0 radical (unpaired) electrons. The molecule has 0 fully saturated rings. The molecule has 0 aromatic carbocycles. The number of unbranched alkanes of at least 4 members (excludes halogenated alkanes) is 11. The molecule has 32 heavy (non-hydrogen) atoms. The maximum atomic E-state index is 6.51. The SMILES string of the molecule is CCCCCCCCCCC(N)CCC(CCCCCCC)CCC[Si](OC)(OC)OC. The van der Waals surface area contributed by atoms with E-state index in [0.717, 1.165) is 18.4 Å². The smallest absolute Gasteiger partial charge is 0.377 e. The average molecular weight is 474 g/mol. The van der Waals surface area contributed by atoms with Crippen LogP contribution in [0, 0.1) is 5.92 Å². The van der Waals surface area contributed by atoms with Crippen LogP contribution in [-0.2, 0) is 13.3 Å². The Morgan fingerprint density at radius 3 is 1.47 bits per heavy atom. The highest BCUT2D eigenvalue weighted by atomic mass is 28.4. The van der Waals surface area contributed by atoms with E-state index in [1.807, 2.05) is 0 Å². The lowest BCUT2D eigenvalue weighted by Crippen LogP contribution is -2.42. The Labute approximate surface area is 203 Å². The van der Waals surface area contributed by atoms with Crippen molar-refractivity contribution in [2.24, 2.45) is 11.7 Å². The van der Waals surface area contributed by atoms with Gasteiger partial charge in [-0.3, -0.25) is 0 Å². The molecule has 194 valence electrons. The lowest BCUT2D eigenvalue weighted by molar-refractivity contribution is 0.122. The van der Waals surface area contributed by atoms with E-state index in [2.05, 4.69) is 13.8 Å². The molecule has 0 saturated carbocycles. The molecule has 0 bridgehead atoms. The van der Waals surface area contributed by atoms with Crippen LogP contribution in [0.15, 0.2) is 0 Å². The molecule has 0 aliphatic heterocycles. The summed E-state index contributed by atoms with van der Waals surface area (Å²) in [6.45, 7) is 4.57. The van der Waals surface area contributed by atoms with Crippen LogP contribution in [0.4, 0.5) is 0 Å². The van der Waals surface area contributed by atoms with Gasteiger partial charge in [-0.1, -0.05) is 110 Å². The summed E-state index contributed by atoms with van der Waals surface area (Å²) in [6.07, 6.45) is 25.2. The summed E-state index contributed by atoms with van der Waals surface area (Å²) in [5, 5.41) is 0. The predicted molar refractivity (Wildman–Crippen MR) is 142 cm³/mol. The molecule has 2 atom stereocenters. The van der Waals surface area contributed by atoms with Gasteiger partial charge in [0.05, 0.1) is 0 Å². The van der Waals surface area contributed by atoms with Crippen LogP contribution in [0.25, 0.3) is 0 Å². The van der Waals surface area contributed by atoms with Gasteiger partial charge in [0.2, 0.25) is 0 Å². The summed E-state index contributed by atoms with van der Waals surface area (Å²) in [4.78, 5) is 0. The Bertz CT molecular complexity index is 372. The van der Waals surface area contributed by atoms with E-state index >= 15 is 0 Å². The lowest BCUT2D eigenvalue weighted by atomic mass is 9.89. The van der Waals surface area contributed by atoms with Crippen molar-refractivity contribution in [3.05, 3.63) is 0 Å². The molecule has 0 aromatic rings. The summed E-state index contributed by atoms with van der Waals surface area (Å²) in [5.74, 6) is 0.776. The third-order valence-corrected chi connectivity index (χ3v) is 9.95. The molecular formula is C27H59NO3Si. The van der Waals surface area contributed by atoms with Crippen molar-refractivity contribution in [1.82, 2.24) is 0 Å². The Morgan fingerprint density at radius 2 is 0.969 bits per heavy atom. The summed E-state index contributed by atoms with van der Waals surface area (Å²) in [5.41, 5.74) is 6.51. The van der Waals surface area contributed by atoms with E-state index < -0.39 is 8.80 Å². The summed E-state index contributed by atoms with van der Waals surface area (Å²) in [6, 6.07) is 1.29. The zero-order chi connectivity index (χ0) is 23.9. The van der Waals surface area contributed by atoms with Gasteiger partial charge in [-0.2, -0.15) is 0 Å². The molecule has 0 aromatic heterocycles. The molecule has 0 saturated heterocycles. The van der Waals surface area contributed by atoms with Crippen LogP contribution in [0.3, 0.4) is 0 Å². The van der Waals surface area contributed by atoms with Gasteiger partial charge in [0.1, 0.15) is 0 Å². The minimum absolute atomic E-state index is 0.378. The highest BCUT2D eigenvalue weighted by Gasteiger charge is 2.37. The van der Waals surface area contributed by atoms with E-state index in [1.54, 1.807) is 21.3 Å². The van der Waals surface area contributed by atoms with Crippen molar-refractivity contribution in [3.63, 3.8) is 0 Å². The normalized spacial score (nSPS) is 14.1. The molecule has 0 aliphatic carbocycles. The Balaban J connectivity index is 4.20. The first kappa shape index (κ1) is 32.1. The number of rotatable bonds is 25. The fourth-order valence-electron chi connectivity index (χ4n) is 4.77. The highest BCUT2D eigenvalue weighted by molar-refractivity contribution is 6.60. The van der Waals surface area contributed by atoms with E-state index in [0.29, 0.717) is 6.04 Å². The van der Waals surface area contributed by atoms with E-state index in [-0.39, 0.29) is 0 Å². The predicted octanol–water partition coefficient (Wildman–Crippen LogP) is 8.26. The quantitative estimate of drug-likeness (QED) is 0.107. The van der Waals surface area contributed by atoms with Crippen molar-refractivity contribution in [1.29, 1.82) is 0 Å². The third-order valence-electron chi connectivity index (χ3n) is 7.12. The second-order valence-corrected chi connectivity index (χ2v) is 12.9. The van der Waals surface area contributed by atoms with Crippen LogP contribution >= 0.6 is 0 Å². The maximum absolute atomic E-state index is 6.51. The summed E-state index contributed by atoms with van der Waals surface area (Å²) < 4.78 is 16.8. The minimum Gasteiger partial charge on any atom is -0.377 e. The number of nitrogens with two attached hydrogens (primary N) is 1. The van der Waals surface area contributed by atoms with E-state index in [4.69, 9.17) is 19.0 Å². The van der Waals surface area contributed by atoms with Crippen LogP contribution in [0.1, 0.15) is 136 Å². The van der Waals surface area contributed by atoms with E-state index in [1.165, 1.54) is 116 Å². The first-order valence-corrected chi connectivity index (χ1v) is 15.9. The monoisotopic (exact) mass is 473 g/mol. The van der Waals surface area contributed by atoms with Gasteiger partial charge in [0.25, 0.3) is 0 Å². The molecule has 2 N–H and O–H groups in total. The lowest BCUT2D eigenvalue weighted by Gasteiger charge is -2.25. The van der Waals surface area contributed by atoms with Crippen LogP contribution < -0.4 is 5.73 Å². The van der Waals surface area contributed by atoms with Crippen LogP contribution in [0.5, 0.6) is 0 Å². The van der Waals surface area contributed by atoms with Gasteiger partial charge >= 0.3 is 8.80 Å². The fourth-order valence-corrected chi connectivity index (χ4v) is 6.52. The molecular weight excluding hydrogens is 414 g/mol. The molecule has 5 heteroatoms. The van der Waals surface area contributed by atoms with Crippen molar-refractivity contribution in [3.8, 4) is 0 Å². The largest absolute Gasteiger partial charge is 0.500 e. The summed E-state index contributed by atoms with van der Waals surface area (Å²) >= 11 is 0. The van der Waals surface area contributed by atoms with Gasteiger partial charge in [-0.15, -0.1) is 0 Å². The molecule has 0 rings (SSSR count). The van der Waals surface area contributed by atoms with Crippen molar-refractivity contribution in [2.45, 2.75) is 148 Å². The minimum atomic E-state index is -2.44.